The van der Waals surface area contributed by atoms with Crippen molar-refractivity contribution in [1.29, 1.82) is 0 Å². The van der Waals surface area contributed by atoms with E-state index < -0.39 is 0 Å². The summed E-state index contributed by atoms with van der Waals surface area (Å²) in [4.78, 5) is 2.04. The summed E-state index contributed by atoms with van der Waals surface area (Å²) in [5.41, 5.74) is 1.69. The summed E-state index contributed by atoms with van der Waals surface area (Å²) in [6.07, 6.45) is 6.33. The lowest BCUT2D eigenvalue weighted by Crippen LogP contribution is -2.36. The highest BCUT2D eigenvalue weighted by molar-refractivity contribution is 5.49. The summed E-state index contributed by atoms with van der Waals surface area (Å²) in [5, 5.41) is 13.2. The number of rotatable bonds is 4. The van der Waals surface area contributed by atoms with Crippen molar-refractivity contribution in [2.75, 3.05) is 18.0 Å². The minimum Gasteiger partial charge on any atom is -0.393 e. The van der Waals surface area contributed by atoms with E-state index in [-0.39, 0.29) is 11.9 Å². The highest BCUT2D eigenvalue weighted by Gasteiger charge is 2.20. The van der Waals surface area contributed by atoms with Gasteiger partial charge in [0.2, 0.25) is 0 Å². The van der Waals surface area contributed by atoms with Gasteiger partial charge in [-0.2, -0.15) is 0 Å². The zero-order valence-electron chi connectivity index (χ0n) is 14.1. The van der Waals surface area contributed by atoms with E-state index in [2.05, 4.69) is 12.2 Å². The number of piperidine rings is 1. The van der Waals surface area contributed by atoms with Crippen LogP contribution in [0.2, 0.25) is 0 Å². The zero-order chi connectivity index (χ0) is 16.2. The van der Waals surface area contributed by atoms with Crippen molar-refractivity contribution in [3.63, 3.8) is 0 Å². The fourth-order valence-corrected chi connectivity index (χ4v) is 3.91. The van der Waals surface area contributed by atoms with Crippen molar-refractivity contribution in [3.8, 4) is 0 Å². The molecule has 0 radical (unpaired) electrons. The first-order valence-electron chi connectivity index (χ1n) is 9.06. The first-order valence-corrected chi connectivity index (χ1v) is 9.06. The number of hydrogen-bond donors (Lipinski definition) is 2. The molecule has 0 spiro atoms. The molecule has 0 bridgehead atoms. The summed E-state index contributed by atoms with van der Waals surface area (Å²) >= 11 is 0. The van der Waals surface area contributed by atoms with Crippen LogP contribution in [-0.2, 0) is 6.54 Å². The lowest BCUT2D eigenvalue weighted by molar-refractivity contribution is 0.145. The molecule has 4 heteroatoms. The van der Waals surface area contributed by atoms with Crippen LogP contribution in [0, 0.1) is 11.7 Å². The molecule has 0 amide bonds. The minimum atomic E-state index is -0.226. The molecule has 2 unspecified atom stereocenters. The number of hydrogen-bond acceptors (Lipinski definition) is 3. The Morgan fingerprint density at radius 1 is 1.22 bits per heavy atom. The van der Waals surface area contributed by atoms with Crippen LogP contribution < -0.4 is 10.2 Å². The summed E-state index contributed by atoms with van der Waals surface area (Å²) in [6, 6.07) is 6.17. The number of halogens is 1. The third-order valence-electron chi connectivity index (χ3n) is 5.35. The Morgan fingerprint density at radius 2 is 2.00 bits per heavy atom. The lowest BCUT2D eigenvalue weighted by Gasteiger charge is -2.32. The van der Waals surface area contributed by atoms with E-state index in [0.717, 1.165) is 44.0 Å². The highest BCUT2D eigenvalue weighted by atomic mass is 19.1. The molecule has 2 N–H and O–H groups in total. The van der Waals surface area contributed by atoms with E-state index >= 15 is 0 Å². The number of aliphatic hydroxyl groups excluding tert-OH is 1. The molecule has 0 aromatic heterocycles. The largest absolute Gasteiger partial charge is 0.393 e. The van der Waals surface area contributed by atoms with Crippen LogP contribution in [0.4, 0.5) is 10.1 Å². The quantitative estimate of drug-likeness (QED) is 0.892. The van der Waals surface area contributed by atoms with Crippen molar-refractivity contribution >= 4 is 5.69 Å². The molecule has 1 saturated heterocycles. The van der Waals surface area contributed by atoms with Crippen LogP contribution in [0.3, 0.4) is 0 Å². The average molecular weight is 320 g/mol. The van der Waals surface area contributed by atoms with Gasteiger partial charge in [-0.25, -0.2) is 4.39 Å². The van der Waals surface area contributed by atoms with Crippen molar-refractivity contribution < 1.29 is 9.50 Å². The lowest BCUT2D eigenvalue weighted by atomic mass is 9.87. The van der Waals surface area contributed by atoms with E-state index in [0.29, 0.717) is 11.7 Å². The molecule has 3 rings (SSSR count). The van der Waals surface area contributed by atoms with Crippen LogP contribution in [0.1, 0.15) is 51.0 Å². The van der Waals surface area contributed by atoms with Crippen LogP contribution >= 0.6 is 0 Å². The maximum atomic E-state index is 14.4. The average Bonchev–Trinajstić information content (AvgIpc) is 2.54. The van der Waals surface area contributed by atoms with Gasteiger partial charge in [0.25, 0.3) is 0 Å². The monoisotopic (exact) mass is 320 g/mol. The Kier molecular flexibility index (Phi) is 5.54. The van der Waals surface area contributed by atoms with Crippen LogP contribution in [0.5, 0.6) is 0 Å². The van der Waals surface area contributed by atoms with E-state index in [9.17, 15) is 9.50 Å². The number of aliphatic hydroxyl groups is 1. The van der Waals surface area contributed by atoms with Gasteiger partial charge in [0.1, 0.15) is 5.82 Å². The molecule has 128 valence electrons. The van der Waals surface area contributed by atoms with E-state index in [1.165, 1.54) is 25.7 Å². The number of anilines is 1. The van der Waals surface area contributed by atoms with E-state index in [1.807, 2.05) is 17.0 Å². The Morgan fingerprint density at radius 3 is 2.70 bits per heavy atom. The normalized spacial score (nSPS) is 26.5. The van der Waals surface area contributed by atoms with Gasteiger partial charge in [-0.1, -0.05) is 25.8 Å². The predicted octanol–water partition coefficient (Wildman–Crippen LogP) is 3.46. The summed E-state index contributed by atoms with van der Waals surface area (Å²) < 4.78 is 14.4. The number of nitrogens with zero attached hydrogens (tertiary/aromatic N) is 1. The number of nitrogens with one attached hydrogen (secondary N) is 1. The molecule has 3 nitrogen and oxygen atoms in total. The van der Waals surface area contributed by atoms with Gasteiger partial charge in [0.15, 0.2) is 0 Å². The van der Waals surface area contributed by atoms with Gasteiger partial charge in [0.05, 0.1) is 11.8 Å². The highest BCUT2D eigenvalue weighted by Crippen LogP contribution is 2.26. The first-order chi connectivity index (χ1) is 11.1. The molecule has 1 saturated carbocycles. The second-order valence-corrected chi connectivity index (χ2v) is 7.35. The van der Waals surface area contributed by atoms with Crippen LogP contribution in [-0.4, -0.2) is 30.3 Å². The minimum absolute atomic E-state index is 0.141. The fourth-order valence-electron chi connectivity index (χ4n) is 3.91. The molecule has 1 aromatic rings. The molecule has 1 heterocycles. The molecule has 2 fully saturated rings. The Hall–Kier alpha value is -1.13. The molecule has 23 heavy (non-hydrogen) atoms. The zero-order valence-corrected chi connectivity index (χ0v) is 14.1. The molecule has 2 atom stereocenters. The molecule has 1 aliphatic heterocycles. The maximum Gasteiger partial charge on any atom is 0.146 e. The standard InChI is InChI=1S/C19H29FN2O/c1-14-3-2-4-16(11-14)21-13-15-5-6-19(18(20)12-15)22-9-7-17(23)8-10-22/h5-6,12,14,16-17,21,23H,2-4,7-11,13H2,1H3. The predicted molar refractivity (Wildman–Crippen MR) is 92.1 cm³/mol. The summed E-state index contributed by atoms with van der Waals surface area (Å²) in [6.45, 7) is 4.52. The van der Waals surface area contributed by atoms with Gasteiger partial charge < -0.3 is 15.3 Å². The number of benzene rings is 1. The SMILES string of the molecule is CC1CCCC(NCc2ccc(N3CCC(O)CC3)c(F)c2)C1. The van der Waals surface area contributed by atoms with Crippen LogP contribution in [0.25, 0.3) is 0 Å². The van der Waals surface area contributed by atoms with Crippen molar-refractivity contribution in [1.82, 2.24) is 5.32 Å². The Balaban J connectivity index is 1.56. The Labute approximate surface area is 138 Å². The van der Waals surface area contributed by atoms with Crippen molar-refractivity contribution in [3.05, 3.63) is 29.6 Å². The maximum absolute atomic E-state index is 14.4. The molecular weight excluding hydrogens is 291 g/mol. The third-order valence-corrected chi connectivity index (χ3v) is 5.35. The summed E-state index contributed by atoms with van der Waals surface area (Å²) in [7, 11) is 0. The smallest absolute Gasteiger partial charge is 0.146 e. The van der Waals surface area contributed by atoms with Crippen molar-refractivity contribution in [2.45, 2.75) is 64.1 Å². The third kappa shape index (κ3) is 4.45. The Bertz CT molecular complexity index is 514. The molecule has 2 aliphatic rings. The van der Waals surface area contributed by atoms with Gasteiger partial charge >= 0.3 is 0 Å². The second-order valence-electron chi connectivity index (χ2n) is 7.35. The molecule has 1 aromatic carbocycles. The van der Waals surface area contributed by atoms with Crippen molar-refractivity contribution in [2.24, 2.45) is 5.92 Å². The van der Waals surface area contributed by atoms with Gasteiger partial charge in [-0.3, -0.25) is 0 Å². The summed E-state index contributed by atoms with van der Waals surface area (Å²) in [5.74, 6) is 0.660. The fraction of sp³-hybridized carbons (Fsp3) is 0.684. The molecular formula is C19H29FN2O. The molecule has 1 aliphatic carbocycles. The van der Waals surface area contributed by atoms with Gasteiger partial charge in [-0.05, 0) is 49.3 Å². The first kappa shape index (κ1) is 16.7. The topological polar surface area (TPSA) is 35.5 Å². The second kappa shape index (κ2) is 7.63. The van der Waals surface area contributed by atoms with E-state index in [1.54, 1.807) is 6.07 Å². The van der Waals surface area contributed by atoms with Gasteiger partial charge in [-0.15, -0.1) is 0 Å². The van der Waals surface area contributed by atoms with Crippen LogP contribution in [0.15, 0.2) is 18.2 Å². The van der Waals surface area contributed by atoms with Gasteiger partial charge in [0, 0.05) is 25.7 Å². The van der Waals surface area contributed by atoms with E-state index in [4.69, 9.17) is 0 Å².